The van der Waals surface area contributed by atoms with E-state index in [0.29, 0.717) is 17.0 Å². The van der Waals surface area contributed by atoms with E-state index in [1.807, 2.05) is 12.1 Å². The van der Waals surface area contributed by atoms with E-state index in [1.54, 1.807) is 12.1 Å². The molecule has 2 N–H and O–H groups in total. The highest BCUT2D eigenvalue weighted by Gasteiger charge is 2.30. The summed E-state index contributed by atoms with van der Waals surface area (Å²) in [6.07, 6.45) is 2.92. The number of nitriles is 1. The molecular weight excluding hydrogens is 340 g/mol. The monoisotopic (exact) mass is 358 g/mol. The van der Waals surface area contributed by atoms with Crippen LogP contribution in [0.15, 0.2) is 36.7 Å². The molecule has 0 aliphatic carbocycles. The molecule has 1 aromatic carbocycles. The van der Waals surface area contributed by atoms with Gasteiger partial charge in [0.05, 0.1) is 29.3 Å². The van der Waals surface area contributed by atoms with Crippen LogP contribution in [0.1, 0.15) is 25.0 Å². The lowest BCUT2D eigenvalue weighted by atomic mass is 10.1. The minimum atomic E-state index is -1.19. The van der Waals surface area contributed by atoms with Crippen LogP contribution < -0.4 is 5.32 Å². The van der Waals surface area contributed by atoms with Gasteiger partial charge in [0, 0.05) is 11.9 Å². The minimum absolute atomic E-state index is 0.189. The van der Waals surface area contributed by atoms with Gasteiger partial charge in [-0.05, 0) is 31.5 Å². The first-order valence-corrected chi connectivity index (χ1v) is 8.63. The van der Waals surface area contributed by atoms with E-state index in [4.69, 9.17) is 5.26 Å². The maximum Gasteiger partial charge on any atom is 0.331 e. The molecule has 0 unspecified atom stereocenters. The summed E-state index contributed by atoms with van der Waals surface area (Å²) in [7, 11) is 0. The van der Waals surface area contributed by atoms with E-state index in [0.717, 1.165) is 5.56 Å². The first kappa shape index (κ1) is 18.5. The molecule has 0 aliphatic rings. The van der Waals surface area contributed by atoms with Gasteiger partial charge in [0.15, 0.2) is 5.54 Å². The number of anilines is 1. The number of hydrogen-bond acceptors (Lipinski definition) is 5. The number of hydrogen-bond donors (Lipinski definition) is 2. The van der Waals surface area contributed by atoms with Crippen molar-refractivity contribution in [1.29, 1.82) is 5.26 Å². The first-order valence-electron chi connectivity index (χ1n) is 7.48. The summed E-state index contributed by atoms with van der Waals surface area (Å²) in [4.78, 5) is 23.2. The first-order chi connectivity index (χ1) is 11.8. The number of thioether (sulfide) groups is 1. The van der Waals surface area contributed by atoms with Crippen LogP contribution in [-0.2, 0) is 20.9 Å². The summed E-state index contributed by atoms with van der Waals surface area (Å²) in [5, 5.41) is 24.6. The van der Waals surface area contributed by atoms with Gasteiger partial charge in [-0.25, -0.2) is 4.79 Å². The zero-order valence-electron chi connectivity index (χ0n) is 13.9. The quantitative estimate of drug-likeness (QED) is 0.787. The predicted octanol–water partition coefficient (Wildman–Crippen LogP) is 2.45. The highest BCUT2D eigenvalue weighted by Crippen LogP contribution is 2.18. The number of carbonyl (C=O) groups excluding carboxylic acids is 1. The number of nitrogens with one attached hydrogen (secondary N) is 1. The van der Waals surface area contributed by atoms with Crippen LogP contribution in [-0.4, -0.2) is 32.5 Å². The Hall–Kier alpha value is -2.79. The third kappa shape index (κ3) is 4.84. The molecule has 0 atom stereocenters. The molecule has 1 heterocycles. The smallest absolute Gasteiger partial charge is 0.331 e. The highest BCUT2D eigenvalue weighted by molar-refractivity contribution is 7.99. The van der Waals surface area contributed by atoms with Crippen molar-refractivity contribution in [2.24, 2.45) is 0 Å². The van der Waals surface area contributed by atoms with Crippen molar-refractivity contribution in [3.05, 3.63) is 47.8 Å². The Bertz CT molecular complexity index is 806. The molecule has 0 spiro atoms. The standard InChI is InChI=1S/C17H18N4O3S/c1-17(2,16(23)24)21-9-14(8-19-21)20-15(22)11-25-10-13-5-3-12(7-18)4-6-13/h3-6,8-9H,10-11H2,1-2H3,(H,20,22)(H,23,24). The largest absolute Gasteiger partial charge is 0.479 e. The van der Waals surface area contributed by atoms with Crippen molar-refractivity contribution in [2.45, 2.75) is 25.1 Å². The van der Waals surface area contributed by atoms with Crippen LogP contribution in [0.5, 0.6) is 0 Å². The Morgan fingerprint density at radius 1 is 1.36 bits per heavy atom. The molecule has 25 heavy (non-hydrogen) atoms. The summed E-state index contributed by atoms with van der Waals surface area (Å²) < 4.78 is 1.30. The summed E-state index contributed by atoms with van der Waals surface area (Å²) in [6.45, 7) is 3.06. The summed E-state index contributed by atoms with van der Waals surface area (Å²) in [5.74, 6) is -0.282. The van der Waals surface area contributed by atoms with Crippen molar-refractivity contribution >= 4 is 29.3 Å². The fourth-order valence-corrected chi connectivity index (χ4v) is 2.71. The Kier molecular flexibility index (Phi) is 5.83. The zero-order chi connectivity index (χ0) is 18.4. The second-order valence-corrected chi connectivity index (χ2v) is 6.87. The molecule has 2 aromatic rings. The van der Waals surface area contributed by atoms with Gasteiger partial charge in [-0.15, -0.1) is 11.8 Å². The lowest BCUT2D eigenvalue weighted by molar-refractivity contribution is -0.146. The Labute approximate surface area is 149 Å². The number of carboxylic acids is 1. The second kappa shape index (κ2) is 7.85. The van der Waals surface area contributed by atoms with Crippen LogP contribution in [0.3, 0.4) is 0 Å². The molecule has 0 aliphatic heterocycles. The Morgan fingerprint density at radius 2 is 2.04 bits per heavy atom. The average Bonchev–Trinajstić information content (AvgIpc) is 3.04. The van der Waals surface area contributed by atoms with Gasteiger partial charge in [0.25, 0.3) is 0 Å². The molecule has 0 saturated heterocycles. The van der Waals surface area contributed by atoms with Gasteiger partial charge in [-0.1, -0.05) is 12.1 Å². The maximum atomic E-state index is 12.0. The van der Waals surface area contributed by atoms with E-state index >= 15 is 0 Å². The van der Waals surface area contributed by atoms with E-state index in [-0.39, 0.29) is 11.7 Å². The number of carbonyl (C=O) groups is 2. The number of rotatable bonds is 7. The number of benzene rings is 1. The Morgan fingerprint density at radius 3 is 2.64 bits per heavy atom. The zero-order valence-corrected chi connectivity index (χ0v) is 14.7. The molecular formula is C17H18N4O3S. The molecule has 1 amide bonds. The van der Waals surface area contributed by atoms with Gasteiger partial charge < -0.3 is 10.4 Å². The number of aliphatic carboxylic acids is 1. The van der Waals surface area contributed by atoms with Gasteiger partial charge in [-0.2, -0.15) is 10.4 Å². The van der Waals surface area contributed by atoms with E-state index < -0.39 is 11.5 Å². The highest BCUT2D eigenvalue weighted by atomic mass is 32.2. The van der Waals surface area contributed by atoms with Gasteiger partial charge in [0.1, 0.15) is 0 Å². The lowest BCUT2D eigenvalue weighted by Crippen LogP contribution is -2.35. The maximum absolute atomic E-state index is 12.0. The number of carboxylic acid groups (broad SMARTS) is 1. The van der Waals surface area contributed by atoms with E-state index in [2.05, 4.69) is 16.5 Å². The SMILES string of the molecule is CC(C)(C(=O)O)n1cc(NC(=O)CSCc2ccc(C#N)cc2)cn1. The lowest BCUT2D eigenvalue weighted by Gasteiger charge is -2.19. The van der Waals surface area contributed by atoms with Gasteiger partial charge in [-0.3, -0.25) is 9.48 Å². The van der Waals surface area contributed by atoms with Crippen molar-refractivity contribution < 1.29 is 14.7 Å². The average molecular weight is 358 g/mol. The molecule has 0 bridgehead atoms. The van der Waals surface area contributed by atoms with Crippen LogP contribution in [0, 0.1) is 11.3 Å². The van der Waals surface area contributed by atoms with Crippen molar-refractivity contribution in [1.82, 2.24) is 9.78 Å². The molecule has 0 fully saturated rings. The molecule has 7 nitrogen and oxygen atoms in total. The van der Waals surface area contributed by atoms with Crippen LogP contribution in [0.2, 0.25) is 0 Å². The van der Waals surface area contributed by atoms with Gasteiger partial charge in [0.2, 0.25) is 5.91 Å². The topological polar surface area (TPSA) is 108 Å². The molecule has 0 radical (unpaired) electrons. The second-order valence-electron chi connectivity index (χ2n) is 5.89. The van der Waals surface area contributed by atoms with E-state index in [1.165, 1.54) is 42.7 Å². The fourth-order valence-electron chi connectivity index (χ4n) is 1.93. The summed E-state index contributed by atoms with van der Waals surface area (Å²) in [5.41, 5.74) is 0.909. The van der Waals surface area contributed by atoms with Crippen molar-refractivity contribution in [2.75, 3.05) is 11.1 Å². The number of aromatic nitrogens is 2. The molecule has 2 rings (SSSR count). The fraction of sp³-hybridized carbons (Fsp3) is 0.294. The number of amides is 1. The van der Waals surface area contributed by atoms with Crippen molar-refractivity contribution in [3.8, 4) is 6.07 Å². The van der Waals surface area contributed by atoms with Crippen LogP contribution >= 0.6 is 11.8 Å². The normalized spacial score (nSPS) is 10.9. The third-order valence-electron chi connectivity index (χ3n) is 3.55. The molecule has 8 heteroatoms. The van der Waals surface area contributed by atoms with Crippen LogP contribution in [0.25, 0.3) is 0 Å². The van der Waals surface area contributed by atoms with Crippen LogP contribution in [0.4, 0.5) is 5.69 Å². The molecule has 0 saturated carbocycles. The van der Waals surface area contributed by atoms with Gasteiger partial charge >= 0.3 is 5.97 Å². The third-order valence-corrected chi connectivity index (χ3v) is 4.55. The Balaban J connectivity index is 1.83. The summed E-state index contributed by atoms with van der Waals surface area (Å²) >= 11 is 1.45. The van der Waals surface area contributed by atoms with E-state index in [9.17, 15) is 14.7 Å². The van der Waals surface area contributed by atoms with Crippen molar-refractivity contribution in [3.63, 3.8) is 0 Å². The summed E-state index contributed by atoms with van der Waals surface area (Å²) in [6, 6.07) is 9.27. The minimum Gasteiger partial charge on any atom is -0.479 e. The molecule has 1 aromatic heterocycles. The predicted molar refractivity (Wildman–Crippen MR) is 95.1 cm³/mol. The number of nitrogens with zero attached hydrogens (tertiary/aromatic N) is 3. The molecule has 130 valence electrons.